The number of carboxylic acids is 1. The summed E-state index contributed by atoms with van der Waals surface area (Å²) >= 11 is 0. The van der Waals surface area contributed by atoms with Crippen LogP contribution in [0.25, 0.3) is 16.9 Å². The number of pyridine rings is 1. The Labute approximate surface area is 209 Å². The average Bonchev–Trinajstić information content (AvgIpc) is 3.57. The van der Waals surface area contributed by atoms with Crippen molar-refractivity contribution in [3.8, 4) is 5.82 Å². The fraction of sp³-hybridized carbons (Fsp3) is 0.500. The molecule has 2 aliphatic heterocycles. The van der Waals surface area contributed by atoms with Gasteiger partial charge < -0.3 is 14.7 Å². The minimum atomic E-state index is -5.08. The van der Waals surface area contributed by atoms with E-state index in [1.807, 2.05) is 0 Å². The minimum Gasteiger partial charge on any atom is -0.475 e. The van der Waals surface area contributed by atoms with E-state index in [1.165, 1.54) is 8.61 Å². The Balaban J connectivity index is 0.000000405. The van der Waals surface area contributed by atoms with Crippen molar-refractivity contribution in [3.63, 3.8) is 0 Å². The SMILES string of the molecule is C[C@@H]1COCCN1c1nc2c(cnn2-c2ccn[nH]2)c2c1CCN2S(=O)(=O)N(C)C.O=C(O)C(F)(F)F. The molecular weight excluding hydrogens is 521 g/mol. The molecule has 3 aromatic rings. The number of H-pyrrole nitrogens is 1. The first-order valence-electron chi connectivity index (χ1n) is 11.1. The van der Waals surface area contributed by atoms with Gasteiger partial charge in [0.05, 0.1) is 42.7 Å². The van der Waals surface area contributed by atoms with Crippen LogP contribution in [0, 0.1) is 0 Å². The molecule has 0 bridgehead atoms. The zero-order chi connectivity index (χ0) is 27.1. The summed E-state index contributed by atoms with van der Waals surface area (Å²) in [5.74, 6) is -1.29. The van der Waals surface area contributed by atoms with Crippen LogP contribution in [0.2, 0.25) is 0 Å². The number of nitrogens with one attached hydrogen (secondary N) is 1. The first-order valence-corrected chi connectivity index (χ1v) is 12.5. The van der Waals surface area contributed by atoms with E-state index >= 15 is 0 Å². The molecule has 5 heterocycles. The second-order valence-corrected chi connectivity index (χ2v) is 10.6. The zero-order valence-corrected chi connectivity index (χ0v) is 20.9. The smallest absolute Gasteiger partial charge is 0.475 e. The zero-order valence-electron chi connectivity index (χ0n) is 20.1. The van der Waals surface area contributed by atoms with Crippen molar-refractivity contribution in [3.05, 3.63) is 24.0 Å². The summed E-state index contributed by atoms with van der Waals surface area (Å²) in [6.45, 7) is 4.38. The molecule has 0 amide bonds. The van der Waals surface area contributed by atoms with Gasteiger partial charge in [-0.3, -0.25) is 9.40 Å². The van der Waals surface area contributed by atoms with Crippen molar-refractivity contribution < 1.29 is 36.2 Å². The van der Waals surface area contributed by atoms with Gasteiger partial charge in [0.2, 0.25) is 0 Å². The summed E-state index contributed by atoms with van der Waals surface area (Å²) in [7, 11) is -0.556. The van der Waals surface area contributed by atoms with E-state index in [-0.39, 0.29) is 6.04 Å². The number of carboxylic acid groups (broad SMARTS) is 1. The molecular formula is C20H25F3N8O5S. The number of hydrogen-bond donors (Lipinski definition) is 2. The van der Waals surface area contributed by atoms with Gasteiger partial charge in [0, 0.05) is 38.8 Å². The van der Waals surface area contributed by atoms with E-state index in [1.54, 1.807) is 37.2 Å². The number of alkyl halides is 3. The van der Waals surface area contributed by atoms with E-state index < -0.39 is 22.4 Å². The quantitative estimate of drug-likeness (QED) is 0.492. The van der Waals surface area contributed by atoms with E-state index in [0.29, 0.717) is 55.3 Å². The predicted octanol–water partition coefficient (Wildman–Crippen LogP) is 1.17. The van der Waals surface area contributed by atoms with E-state index in [0.717, 1.165) is 11.4 Å². The maximum Gasteiger partial charge on any atom is 0.490 e. The summed E-state index contributed by atoms with van der Waals surface area (Å²) in [5.41, 5.74) is 2.19. The van der Waals surface area contributed by atoms with Crippen LogP contribution in [0.3, 0.4) is 0 Å². The normalized spacial score (nSPS) is 18.2. The van der Waals surface area contributed by atoms with Crippen LogP contribution in [0.4, 0.5) is 24.7 Å². The van der Waals surface area contributed by atoms with Gasteiger partial charge in [-0.15, -0.1) is 0 Å². The molecule has 1 saturated heterocycles. The molecule has 5 rings (SSSR count). The summed E-state index contributed by atoms with van der Waals surface area (Å²) in [5, 5.41) is 19.2. The van der Waals surface area contributed by atoms with Crippen molar-refractivity contribution in [1.29, 1.82) is 0 Å². The van der Waals surface area contributed by atoms with Crippen LogP contribution in [-0.4, -0.2) is 101 Å². The largest absolute Gasteiger partial charge is 0.490 e. The molecule has 0 aromatic carbocycles. The van der Waals surface area contributed by atoms with Crippen molar-refractivity contribution >= 4 is 38.7 Å². The second-order valence-electron chi connectivity index (χ2n) is 8.53. The van der Waals surface area contributed by atoms with Crippen molar-refractivity contribution in [2.45, 2.75) is 25.6 Å². The number of carbonyl (C=O) groups is 1. The Morgan fingerprint density at radius 3 is 2.57 bits per heavy atom. The molecule has 0 aliphatic carbocycles. The number of morpholine rings is 1. The molecule has 202 valence electrons. The maximum atomic E-state index is 13.1. The minimum absolute atomic E-state index is 0.135. The van der Waals surface area contributed by atoms with Gasteiger partial charge in [0.15, 0.2) is 11.5 Å². The summed E-state index contributed by atoms with van der Waals surface area (Å²) in [4.78, 5) is 16.1. The molecule has 0 saturated carbocycles. The number of fused-ring (bicyclic) bond motifs is 3. The Morgan fingerprint density at radius 1 is 1.30 bits per heavy atom. The van der Waals surface area contributed by atoms with Crippen molar-refractivity contribution in [2.75, 3.05) is 49.6 Å². The molecule has 0 radical (unpaired) electrons. The van der Waals surface area contributed by atoms with Gasteiger partial charge in [-0.25, -0.2) is 9.78 Å². The topological polar surface area (TPSA) is 150 Å². The number of aliphatic carboxylic acids is 1. The molecule has 0 spiro atoms. The molecule has 2 N–H and O–H groups in total. The molecule has 37 heavy (non-hydrogen) atoms. The number of nitrogens with zero attached hydrogens (tertiary/aromatic N) is 7. The third-order valence-electron chi connectivity index (χ3n) is 5.92. The lowest BCUT2D eigenvalue weighted by molar-refractivity contribution is -0.192. The lowest BCUT2D eigenvalue weighted by Crippen LogP contribution is -2.44. The van der Waals surface area contributed by atoms with Crippen LogP contribution < -0.4 is 9.21 Å². The number of rotatable bonds is 4. The third-order valence-corrected chi connectivity index (χ3v) is 7.76. The van der Waals surface area contributed by atoms with Gasteiger partial charge in [-0.05, 0) is 13.3 Å². The molecule has 1 atom stereocenters. The Bertz CT molecular complexity index is 1390. The third kappa shape index (κ3) is 4.93. The highest BCUT2D eigenvalue weighted by Gasteiger charge is 2.39. The lowest BCUT2D eigenvalue weighted by Gasteiger charge is -2.35. The van der Waals surface area contributed by atoms with Gasteiger partial charge in [-0.1, -0.05) is 0 Å². The lowest BCUT2D eigenvalue weighted by atomic mass is 10.1. The highest BCUT2D eigenvalue weighted by molar-refractivity contribution is 7.90. The Morgan fingerprint density at radius 2 is 2.00 bits per heavy atom. The van der Waals surface area contributed by atoms with Crippen LogP contribution in [0.5, 0.6) is 0 Å². The number of halogens is 3. The number of hydrogen-bond acceptors (Lipinski definition) is 8. The highest BCUT2D eigenvalue weighted by atomic mass is 32.2. The second kappa shape index (κ2) is 9.79. The van der Waals surface area contributed by atoms with Gasteiger partial charge in [0.25, 0.3) is 0 Å². The fourth-order valence-electron chi connectivity index (χ4n) is 4.14. The van der Waals surface area contributed by atoms with Gasteiger partial charge in [-0.2, -0.15) is 40.8 Å². The van der Waals surface area contributed by atoms with Crippen LogP contribution >= 0.6 is 0 Å². The van der Waals surface area contributed by atoms with Crippen LogP contribution in [-0.2, 0) is 26.2 Å². The highest BCUT2D eigenvalue weighted by Crippen LogP contribution is 2.42. The maximum absolute atomic E-state index is 13.1. The number of anilines is 2. The fourth-order valence-corrected chi connectivity index (χ4v) is 5.30. The molecule has 2 aliphatic rings. The van der Waals surface area contributed by atoms with Gasteiger partial charge in [0.1, 0.15) is 5.82 Å². The van der Waals surface area contributed by atoms with Crippen LogP contribution in [0.15, 0.2) is 18.5 Å². The average molecular weight is 547 g/mol. The van der Waals surface area contributed by atoms with E-state index in [9.17, 15) is 21.6 Å². The van der Waals surface area contributed by atoms with E-state index in [4.69, 9.17) is 19.6 Å². The molecule has 17 heteroatoms. The van der Waals surface area contributed by atoms with Crippen molar-refractivity contribution in [1.82, 2.24) is 29.3 Å². The molecule has 3 aromatic heterocycles. The number of ether oxygens (including phenoxy) is 1. The van der Waals surface area contributed by atoms with Gasteiger partial charge >= 0.3 is 22.4 Å². The Kier molecular flexibility index (Phi) is 7.04. The summed E-state index contributed by atoms with van der Waals surface area (Å²) in [6.07, 6.45) is -1.16. The van der Waals surface area contributed by atoms with Crippen molar-refractivity contribution in [2.24, 2.45) is 0 Å². The summed E-state index contributed by atoms with van der Waals surface area (Å²) in [6, 6.07) is 1.93. The monoisotopic (exact) mass is 546 g/mol. The predicted molar refractivity (Wildman–Crippen MR) is 126 cm³/mol. The number of aromatic amines is 1. The molecule has 1 fully saturated rings. The first-order chi connectivity index (χ1) is 17.3. The molecule has 13 nitrogen and oxygen atoms in total. The molecule has 0 unspecified atom stereocenters. The standard InChI is InChI=1S/C18H24N8O3S.C2HF3O2/c1-12-11-29-9-8-24(12)17-13-5-7-25(30(27,28)23(2)3)16(13)14-10-20-26(18(14)21-17)15-4-6-19-22-15;3-2(4,5)1(6)7/h4,6,10,12H,5,7-9,11H2,1-3H3,(H,19,22);(H,6,7)/t12-;/m1./s1. The number of aromatic nitrogens is 5. The first kappa shape index (κ1) is 26.6. The Hall–Kier alpha value is -3.44. The van der Waals surface area contributed by atoms with E-state index in [2.05, 4.69) is 27.1 Å². The summed E-state index contributed by atoms with van der Waals surface area (Å²) < 4.78 is 67.9. The van der Waals surface area contributed by atoms with Crippen LogP contribution in [0.1, 0.15) is 12.5 Å².